The molecule has 0 bridgehead atoms. The lowest BCUT2D eigenvalue weighted by Crippen LogP contribution is -2.08. The monoisotopic (exact) mass is 345 g/mol. The van der Waals surface area contributed by atoms with Gasteiger partial charge in [0, 0.05) is 11.1 Å². The number of nitriles is 1. The number of hydrogen-bond acceptors (Lipinski definition) is 5. The molecule has 126 valence electrons. The number of halogens is 3. The summed E-state index contributed by atoms with van der Waals surface area (Å²) < 4.78 is 43.8. The van der Waals surface area contributed by atoms with Gasteiger partial charge in [0.1, 0.15) is 23.2 Å². The SMILES string of the molecule is COc1cc(-c2cccc(C(F)(F)F)n2)cc(-c2nn[nH]c2C#N)c1. The van der Waals surface area contributed by atoms with Gasteiger partial charge >= 0.3 is 6.18 Å². The molecular weight excluding hydrogens is 335 g/mol. The molecule has 0 spiro atoms. The summed E-state index contributed by atoms with van der Waals surface area (Å²) in [7, 11) is 1.43. The van der Waals surface area contributed by atoms with Crippen LogP contribution in [0.3, 0.4) is 0 Å². The molecule has 1 aromatic carbocycles. The van der Waals surface area contributed by atoms with Crippen molar-refractivity contribution >= 4 is 0 Å². The van der Waals surface area contributed by atoms with Gasteiger partial charge in [0.15, 0.2) is 5.69 Å². The van der Waals surface area contributed by atoms with Crippen LogP contribution in [0.4, 0.5) is 13.2 Å². The third kappa shape index (κ3) is 3.28. The number of nitrogens with one attached hydrogen (secondary N) is 1. The minimum absolute atomic E-state index is 0.122. The van der Waals surface area contributed by atoms with E-state index in [1.165, 1.54) is 19.2 Å². The number of rotatable bonds is 3. The molecule has 0 aliphatic rings. The van der Waals surface area contributed by atoms with E-state index in [1.807, 2.05) is 6.07 Å². The first kappa shape index (κ1) is 16.4. The quantitative estimate of drug-likeness (QED) is 0.786. The van der Waals surface area contributed by atoms with Crippen LogP contribution in [0.15, 0.2) is 36.4 Å². The molecule has 0 fully saturated rings. The Morgan fingerprint density at radius 1 is 1.16 bits per heavy atom. The zero-order valence-corrected chi connectivity index (χ0v) is 12.8. The topological polar surface area (TPSA) is 87.5 Å². The molecule has 0 saturated carbocycles. The number of methoxy groups -OCH3 is 1. The molecule has 2 aromatic heterocycles. The van der Waals surface area contributed by atoms with Gasteiger partial charge in [-0.05, 0) is 30.3 Å². The summed E-state index contributed by atoms with van der Waals surface area (Å²) in [5, 5.41) is 18.9. The van der Waals surface area contributed by atoms with Gasteiger partial charge in [-0.1, -0.05) is 11.3 Å². The van der Waals surface area contributed by atoms with E-state index >= 15 is 0 Å². The number of benzene rings is 1. The van der Waals surface area contributed by atoms with Crippen LogP contribution in [0.5, 0.6) is 5.75 Å². The summed E-state index contributed by atoms with van der Waals surface area (Å²) >= 11 is 0. The molecule has 0 amide bonds. The lowest BCUT2D eigenvalue weighted by Gasteiger charge is -2.10. The predicted molar refractivity (Wildman–Crippen MR) is 81.3 cm³/mol. The second-order valence-electron chi connectivity index (χ2n) is 5.00. The second kappa shape index (κ2) is 6.24. The van der Waals surface area contributed by atoms with Gasteiger partial charge in [0.2, 0.25) is 0 Å². The molecule has 25 heavy (non-hydrogen) atoms. The Labute approximate surface area is 139 Å². The molecule has 9 heteroatoms. The summed E-state index contributed by atoms with van der Waals surface area (Å²) in [4.78, 5) is 3.67. The second-order valence-corrected chi connectivity index (χ2v) is 5.00. The fourth-order valence-corrected chi connectivity index (χ4v) is 2.26. The predicted octanol–water partition coefficient (Wildman–Crippen LogP) is 3.43. The zero-order valence-electron chi connectivity index (χ0n) is 12.8. The van der Waals surface area contributed by atoms with E-state index in [9.17, 15) is 13.2 Å². The van der Waals surface area contributed by atoms with E-state index in [0.29, 0.717) is 16.9 Å². The van der Waals surface area contributed by atoms with Crippen molar-refractivity contribution in [2.24, 2.45) is 0 Å². The molecule has 3 rings (SSSR count). The van der Waals surface area contributed by atoms with E-state index in [-0.39, 0.29) is 17.1 Å². The maximum absolute atomic E-state index is 12.9. The van der Waals surface area contributed by atoms with Crippen molar-refractivity contribution in [3.63, 3.8) is 0 Å². The number of hydrogen-bond donors (Lipinski definition) is 1. The molecule has 0 unspecified atom stereocenters. The van der Waals surface area contributed by atoms with Crippen LogP contribution in [-0.4, -0.2) is 27.5 Å². The number of nitrogens with zero attached hydrogens (tertiary/aromatic N) is 4. The first-order valence-corrected chi connectivity index (χ1v) is 6.97. The molecule has 0 atom stereocenters. The summed E-state index contributed by atoms with van der Waals surface area (Å²) in [6, 6.07) is 10.3. The average Bonchev–Trinajstić information content (AvgIpc) is 3.09. The van der Waals surface area contributed by atoms with Crippen LogP contribution in [0, 0.1) is 11.3 Å². The maximum atomic E-state index is 12.9. The van der Waals surface area contributed by atoms with Crippen molar-refractivity contribution in [3.05, 3.63) is 47.8 Å². The smallest absolute Gasteiger partial charge is 0.433 e. The molecule has 1 N–H and O–H groups in total. The highest BCUT2D eigenvalue weighted by atomic mass is 19.4. The Morgan fingerprint density at radius 2 is 1.92 bits per heavy atom. The summed E-state index contributed by atoms with van der Waals surface area (Å²) in [5.41, 5.74) is 0.405. The van der Waals surface area contributed by atoms with Crippen molar-refractivity contribution in [1.29, 1.82) is 5.26 Å². The first-order valence-electron chi connectivity index (χ1n) is 6.97. The van der Waals surface area contributed by atoms with Gasteiger partial charge in [0.25, 0.3) is 0 Å². The molecular formula is C16H10F3N5O. The van der Waals surface area contributed by atoms with Gasteiger partial charge in [-0.3, -0.25) is 0 Å². The highest BCUT2D eigenvalue weighted by Crippen LogP contribution is 2.33. The lowest BCUT2D eigenvalue weighted by atomic mass is 10.0. The van der Waals surface area contributed by atoms with Crippen LogP contribution < -0.4 is 4.74 Å². The summed E-state index contributed by atoms with van der Waals surface area (Å²) in [6.45, 7) is 0. The fraction of sp³-hybridized carbons (Fsp3) is 0.125. The Hall–Kier alpha value is -3.41. The Morgan fingerprint density at radius 3 is 2.60 bits per heavy atom. The molecule has 0 saturated heterocycles. The van der Waals surface area contributed by atoms with Crippen molar-refractivity contribution in [2.45, 2.75) is 6.18 Å². The molecule has 0 aliphatic carbocycles. The van der Waals surface area contributed by atoms with Crippen molar-refractivity contribution in [3.8, 4) is 34.3 Å². The third-order valence-corrected chi connectivity index (χ3v) is 3.41. The highest BCUT2D eigenvalue weighted by Gasteiger charge is 2.32. The maximum Gasteiger partial charge on any atom is 0.433 e. The molecule has 2 heterocycles. The average molecular weight is 345 g/mol. The molecule has 0 aliphatic heterocycles. The van der Waals surface area contributed by atoms with E-state index in [4.69, 9.17) is 10.00 Å². The number of H-pyrrole nitrogens is 1. The molecule has 3 aromatic rings. The van der Waals surface area contributed by atoms with Gasteiger partial charge in [-0.25, -0.2) is 10.1 Å². The van der Waals surface area contributed by atoms with Crippen molar-refractivity contribution < 1.29 is 17.9 Å². The minimum atomic E-state index is -4.54. The van der Waals surface area contributed by atoms with E-state index in [2.05, 4.69) is 20.4 Å². The molecule has 6 nitrogen and oxygen atoms in total. The van der Waals surface area contributed by atoms with Crippen LogP contribution >= 0.6 is 0 Å². The summed E-state index contributed by atoms with van der Waals surface area (Å²) in [6.07, 6.45) is -4.54. The van der Waals surface area contributed by atoms with Crippen LogP contribution in [0.25, 0.3) is 22.5 Å². The van der Waals surface area contributed by atoms with E-state index < -0.39 is 11.9 Å². The summed E-state index contributed by atoms with van der Waals surface area (Å²) in [5.74, 6) is 0.388. The first-order chi connectivity index (χ1) is 11.9. The van der Waals surface area contributed by atoms with Crippen LogP contribution in [0.1, 0.15) is 11.4 Å². The molecule has 0 radical (unpaired) electrons. The number of aromatic nitrogens is 4. The third-order valence-electron chi connectivity index (χ3n) is 3.41. The number of pyridine rings is 1. The lowest BCUT2D eigenvalue weighted by molar-refractivity contribution is -0.141. The normalized spacial score (nSPS) is 11.2. The Balaban J connectivity index is 2.15. The van der Waals surface area contributed by atoms with Crippen molar-refractivity contribution in [1.82, 2.24) is 20.4 Å². The fourth-order valence-electron chi connectivity index (χ4n) is 2.26. The Bertz CT molecular complexity index is 959. The highest BCUT2D eigenvalue weighted by molar-refractivity contribution is 5.74. The Kier molecular flexibility index (Phi) is 4.10. The van der Waals surface area contributed by atoms with Gasteiger partial charge in [0.05, 0.1) is 12.8 Å². The number of aromatic amines is 1. The van der Waals surface area contributed by atoms with E-state index in [0.717, 1.165) is 6.07 Å². The van der Waals surface area contributed by atoms with Gasteiger partial charge in [-0.15, -0.1) is 5.10 Å². The standard InChI is InChI=1S/C16H10F3N5O/c1-25-11-6-9(12-3-2-4-14(21-12)16(17,18)19)5-10(7-11)15-13(8-20)22-24-23-15/h2-7H,1H3,(H,22,23,24). The van der Waals surface area contributed by atoms with E-state index in [1.54, 1.807) is 18.2 Å². The van der Waals surface area contributed by atoms with Gasteiger partial charge in [-0.2, -0.15) is 18.4 Å². The zero-order chi connectivity index (χ0) is 18.0. The number of ether oxygens (including phenoxy) is 1. The van der Waals surface area contributed by atoms with Gasteiger partial charge < -0.3 is 4.74 Å². The van der Waals surface area contributed by atoms with Crippen LogP contribution in [-0.2, 0) is 6.18 Å². The van der Waals surface area contributed by atoms with Crippen LogP contribution in [0.2, 0.25) is 0 Å². The minimum Gasteiger partial charge on any atom is -0.497 e. The largest absolute Gasteiger partial charge is 0.497 e. The number of alkyl halides is 3. The van der Waals surface area contributed by atoms with Crippen molar-refractivity contribution in [2.75, 3.05) is 7.11 Å².